The van der Waals surface area contributed by atoms with Crippen molar-refractivity contribution in [2.75, 3.05) is 26.2 Å². The summed E-state index contributed by atoms with van der Waals surface area (Å²) in [6, 6.07) is 0.644. The minimum absolute atomic E-state index is 0.644. The van der Waals surface area contributed by atoms with Crippen molar-refractivity contribution in [3.63, 3.8) is 0 Å². The fraction of sp³-hybridized carbons (Fsp3) is 0.667. The van der Waals surface area contributed by atoms with Crippen LogP contribution < -0.4 is 11.1 Å². The third-order valence-corrected chi connectivity index (χ3v) is 3.94. The van der Waals surface area contributed by atoms with Crippen LogP contribution >= 0.6 is 0 Å². The van der Waals surface area contributed by atoms with Crippen LogP contribution in [0.2, 0.25) is 0 Å². The van der Waals surface area contributed by atoms with Gasteiger partial charge in [-0.3, -0.25) is 4.90 Å². The molecule has 3 aliphatic rings. The van der Waals surface area contributed by atoms with Crippen LogP contribution in [0.3, 0.4) is 0 Å². The highest BCUT2D eigenvalue weighted by Gasteiger charge is 2.29. The van der Waals surface area contributed by atoms with Gasteiger partial charge < -0.3 is 4.90 Å². The van der Waals surface area contributed by atoms with Crippen LogP contribution in [0.4, 0.5) is 0 Å². The Morgan fingerprint density at radius 2 is 2.11 bits per heavy atom. The fourth-order valence-electron chi connectivity index (χ4n) is 2.86. The Morgan fingerprint density at radius 1 is 1.32 bits per heavy atom. The Morgan fingerprint density at radius 3 is 2.89 bits per heavy atom. The molecule has 7 nitrogen and oxygen atoms in total. The van der Waals surface area contributed by atoms with E-state index in [-0.39, 0.29) is 0 Å². The highest BCUT2D eigenvalue weighted by molar-refractivity contribution is 6.05. The standard InChI is InChI=1S/C12H21N7/c1-3-17(4-2)10-7-8-18(9-10)12-6-5-11-13-15-16-19(11)14-12/h5-6,10,15-16H,3-4,7-9H2,1-2H3. The predicted molar refractivity (Wildman–Crippen MR) is 75.0 cm³/mol. The van der Waals surface area contributed by atoms with Crippen LogP contribution in [-0.2, 0) is 0 Å². The largest absolute Gasteiger partial charge is 0.354 e. The molecule has 19 heavy (non-hydrogen) atoms. The maximum absolute atomic E-state index is 4.54. The number of rotatable bonds is 3. The van der Waals surface area contributed by atoms with E-state index in [1.807, 2.05) is 12.2 Å². The molecule has 0 saturated carbocycles. The smallest absolute Gasteiger partial charge is 0.189 e. The van der Waals surface area contributed by atoms with Gasteiger partial charge >= 0.3 is 0 Å². The number of fused-ring (bicyclic) bond motifs is 1. The van der Waals surface area contributed by atoms with Gasteiger partial charge in [0.15, 0.2) is 11.7 Å². The summed E-state index contributed by atoms with van der Waals surface area (Å²) in [7, 11) is 0. The third kappa shape index (κ3) is 2.31. The first kappa shape index (κ1) is 12.4. The van der Waals surface area contributed by atoms with E-state index >= 15 is 0 Å². The minimum Gasteiger partial charge on any atom is -0.354 e. The van der Waals surface area contributed by atoms with Gasteiger partial charge in [-0.15, -0.1) is 15.7 Å². The Hall–Kier alpha value is -1.60. The van der Waals surface area contributed by atoms with Crippen LogP contribution in [-0.4, -0.2) is 58.8 Å². The number of likely N-dealkylation sites (N-methyl/N-ethyl adjacent to an activating group) is 1. The number of nitrogens with zero attached hydrogens (tertiary/aromatic N) is 5. The summed E-state index contributed by atoms with van der Waals surface area (Å²) in [5, 5.41) is 10.3. The highest BCUT2D eigenvalue weighted by atomic mass is 15.9. The normalized spacial score (nSPS) is 25.5. The van der Waals surface area contributed by atoms with E-state index in [1.165, 1.54) is 6.42 Å². The minimum atomic E-state index is 0.644. The molecule has 7 heteroatoms. The molecular formula is C12H21N7. The highest BCUT2D eigenvalue weighted by Crippen LogP contribution is 2.18. The number of hydrazine groups is 2. The van der Waals surface area contributed by atoms with E-state index in [2.05, 4.69) is 44.9 Å². The fourth-order valence-corrected chi connectivity index (χ4v) is 2.86. The van der Waals surface area contributed by atoms with E-state index in [0.717, 1.165) is 37.9 Å². The summed E-state index contributed by atoms with van der Waals surface area (Å²) in [5.74, 6) is 1.80. The molecule has 0 aliphatic carbocycles. The molecule has 1 saturated heterocycles. The molecule has 0 aromatic rings. The zero-order valence-corrected chi connectivity index (χ0v) is 11.5. The average Bonchev–Trinajstić information content (AvgIpc) is 3.08. The van der Waals surface area contributed by atoms with Crippen molar-refractivity contribution in [1.82, 2.24) is 26.0 Å². The molecule has 1 atom stereocenters. The first-order valence-corrected chi connectivity index (χ1v) is 6.96. The number of likely N-dealkylation sites (tertiary alicyclic amines) is 1. The third-order valence-electron chi connectivity index (χ3n) is 3.94. The SMILES string of the molecule is CCN(CC)C1CCN(C2=NN3NNN=C3C=C2)C1. The van der Waals surface area contributed by atoms with Crippen molar-refractivity contribution in [3.8, 4) is 0 Å². The topological polar surface area (TPSA) is 58.5 Å². The van der Waals surface area contributed by atoms with Gasteiger partial charge in [0.1, 0.15) is 0 Å². The second-order valence-electron chi connectivity index (χ2n) is 4.91. The van der Waals surface area contributed by atoms with Gasteiger partial charge in [0.05, 0.1) is 0 Å². The molecule has 3 aliphatic heterocycles. The zero-order valence-electron chi connectivity index (χ0n) is 11.5. The molecule has 0 aromatic carbocycles. The van der Waals surface area contributed by atoms with Crippen LogP contribution in [0, 0.1) is 0 Å². The van der Waals surface area contributed by atoms with Gasteiger partial charge in [-0.25, -0.2) is 5.53 Å². The number of nitrogens with one attached hydrogen (secondary N) is 2. The first-order valence-electron chi connectivity index (χ1n) is 6.96. The van der Waals surface area contributed by atoms with Crippen molar-refractivity contribution in [2.45, 2.75) is 26.3 Å². The first-order chi connectivity index (χ1) is 9.31. The van der Waals surface area contributed by atoms with Crippen molar-refractivity contribution >= 4 is 11.7 Å². The molecule has 3 heterocycles. The van der Waals surface area contributed by atoms with Crippen LogP contribution in [0.15, 0.2) is 22.4 Å². The van der Waals surface area contributed by atoms with Crippen LogP contribution in [0.1, 0.15) is 20.3 Å². The average molecular weight is 263 g/mol. The molecule has 0 aromatic heterocycles. The molecule has 0 amide bonds. The number of hydrogen-bond donors (Lipinski definition) is 2. The molecule has 0 spiro atoms. The number of hydrazone groups is 2. The summed E-state index contributed by atoms with van der Waals surface area (Å²) < 4.78 is 0. The molecule has 0 bridgehead atoms. The summed E-state index contributed by atoms with van der Waals surface area (Å²) in [6.45, 7) is 8.81. The van der Waals surface area contributed by atoms with Gasteiger partial charge in [0.25, 0.3) is 0 Å². The van der Waals surface area contributed by atoms with E-state index in [1.54, 1.807) is 5.12 Å². The van der Waals surface area contributed by atoms with Crippen LogP contribution in [0.25, 0.3) is 0 Å². The molecule has 1 fully saturated rings. The van der Waals surface area contributed by atoms with Crippen LogP contribution in [0.5, 0.6) is 0 Å². The second kappa shape index (κ2) is 5.18. The zero-order chi connectivity index (χ0) is 13.2. The lowest BCUT2D eigenvalue weighted by Gasteiger charge is -2.27. The van der Waals surface area contributed by atoms with E-state index in [9.17, 15) is 0 Å². The van der Waals surface area contributed by atoms with Gasteiger partial charge in [-0.2, -0.15) is 5.12 Å². The Bertz CT molecular complexity index is 424. The molecule has 3 rings (SSSR count). The maximum Gasteiger partial charge on any atom is 0.189 e. The van der Waals surface area contributed by atoms with Gasteiger partial charge in [-0.1, -0.05) is 13.8 Å². The molecule has 2 N–H and O–H groups in total. The van der Waals surface area contributed by atoms with Crippen molar-refractivity contribution in [1.29, 1.82) is 0 Å². The summed E-state index contributed by atoms with van der Waals surface area (Å²) in [5.41, 5.74) is 5.57. The Balaban J connectivity index is 1.65. The summed E-state index contributed by atoms with van der Waals surface area (Å²) in [4.78, 5) is 4.87. The Labute approximate surface area is 113 Å². The van der Waals surface area contributed by atoms with Gasteiger partial charge in [0.2, 0.25) is 0 Å². The lowest BCUT2D eigenvalue weighted by molar-refractivity contribution is 0.223. The van der Waals surface area contributed by atoms with Crippen molar-refractivity contribution in [2.24, 2.45) is 10.2 Å². The van der Waals surface area contributed by atoms with E-state index in [0.29, 0.717) is 6.04 Å². The summed E-state index contributed by atoms with van der Waals surface area (Å²) >= 11 is 0. The predicted octanol–water partition coefficient (Wildman–Crippen LogP) is -0.0759. The lowest BCUT2D eigenvalue weighted by Crippen LogP contribution is -2.42. The maximum atomic E-state index is 4.54. The number of amidine groups is 2. The van der Waals surface area contributed by atoms with E-state index < -0.39 is 0 Å². The van der Waals surface area contributed by atoms with Crippen molar-refractivity contribution < 1.29 is 0 Å². The summed E-state index contributed by atoms with van der Waals surface area (Å²) in [6.07, 6.45) is 5.22. The molecule has 104 valence electrons. The molecule has 0 radical (unpaired) electrons. The molecule has 1 unspecified atom stereocenters. The van der Waals surface area contributed by atoms with Gasteiger partial charge in [0, 0.05) is 19.1 Å². The lowest BCUT2D eigenvalue weighted by atomic mass is 10.2. The Kier molecular flexibility index (Phi) is 3.39. The second-order valence-corrected chi connectivity index (χ2v) is 4.91. The monoisotopic (exact) mass is 263 g/mol. The van der Waals surface area contributed by atoms with Crippen molar-refractivity contribution in [3.05, 3.63) is 12.2 Å². The molecular weight excluding hydrogens is 242 g/mol. The quantitative estimate of drug-likeness (QED) is 0.746. The number of hydrogen-bond acceptors (Lipinski definition) is 7. The van der Waals surface area contributed by atoms with Gasteiger partial charge in [-0.05, 0) is 31.7 Å². The van der Waals surface area contributed by atoms with E-state index in [4.69, 9.17) is 0 Å².